The summed E-state index contributed by atoms with van der Waals surface area (Å²) in [5, 5.41) is 0. The summed E-state index contributed by atoms with van der Waals surface area (Å²) in [6.07, 6.45) is 1.01. The van der Waals surface area contributed by atoms with E-state index >= 15 is 0 Å². The molecule has 1 aliphatic heterocycles. The highest BCUT2D eigenvalue weighted by atomic mass is 16.6. The van der Waals surface area contributed by atoms with Gasteiger partial charge in [-0.25, -0.2) is 4.79 Å². The molecule has 20 heavy (non-hydrogen) atoms. The minimum absolute atomic E-state index is 0.0569. The Morgan fingerprint density at radius 1 is 1.25 bits per heavy atom. The van der Waals surface area contributed by atoms with Crippen LogP contribution in [0.15, 0.2) is 0 Å². The van der Waals surface area contributed by atoms with Crippen LogP contribution in [0, 0.1) is 5.41 Å². The van der Waals surface area contributed by atoms with Crippen molar-refractivity contribution < 1.29 is 19.1 Å². The van der Waals surface area contributed by atoms with Gasteiger partial charge in [0.1, 0.15) is 17.2 Å². The van der Waals surface area contributed by atoms with E-state index < -0.39 is 11.0 Å². The van der Waals surface area contributed by atoms with E-state index in [-0.39, 0.29) is 24.1 Å². The SMILES string of the molecule is CC(=O)CC(=O)[C@]1(C)CCCN(C(=O)OC(C)(C)C)C1. The fraction of sp³-hybridized carbons (Fsp3) is 0.800. The van der Waals surface area contributed by atoms with Crippen LogP contribution in [-0.2, 0) is 14.3 Å². The lowest BCUT2D eigenvalue weighted by molar-refractivity contribution is -0.134. The number of rotatable bonds is 3. The number of amides is 1. The van der Waals surface area contributed by atoms with Crippen molar-refractivity contribution in [3.8, 4) is 0 Å². The van der Waals surface area contributed by atoms with Crippen LogP contribution in [-0.4, -0.2) is 41.3 Å². The van der Waals surface area contributed by atoms with Gasteiger partial charge in [0.2, 0.25) is 0 Å². The first-order valence-corrected chi connectivity index (χ1v) is 7.04. The number of hydrogen-bond acceptors (Lipinski definition) is 4. The molecule has 1 rings (SSSR count). The van der Waals surface area contributed by atoms with Crippen LogP contribution in [0.2, 0.25) is 0 Å². The summed E-state index contributed by atoms with van der Waals surface area (Å²) in [4.78, 5) is 36.9. The molecule has 1 heterocycles. The number of Topliss-reactive ketones (excluding diaryl/α,β-unsaturated/α-hetero) is 2. The Labute approximate surface area is 120 Å². The quantitative estimate of drug-likeness (QED) is 0.747. The number of carbonyl (C=O) groups is 3. The van der Waals surface area contributed by atoms with Gasteiger partial charge in [0.25, 0.3) is 0 Å². The maximum absolute atomic E-state index is 12.2. The van der Waals surface area contributed by atoms with Gasteiger partial charge < -0.3 is 9.64 Å². The third kappa shape index (κ3) is 4.62. The fourth-order valence-corrected chi connectivity index (χ4v) is 2.39. The second-order valence-corrected chi connectivity index (χ2v) is 6.87. The fourth-order valence-electron chi connectivity index (χ4n) is 2.39. The summed E-state index contributed by atoms with van der Waals surface area (Å²) in [7, 11) is 0. The van der Waals surface area contributed by atoms with Gasteiger partial charge in [0.05, 0.1) is 6.42 Å². The first kappa shape index (κ1) is 16.7. The van der Waals surface area contributed by atoms with Crippen molar-refractivity contribution in [2.24, 2.45) is 5.41 Å². The van der Waals surface area contributed by atoms with Gasteiger partial charge in [0, 0.05) is 18.5 Å². The van der Waals surface area contributed by atoms with E-state index in [1.807, 2.05) is 27.7 Å². The van der Waals surface area contributed by atoms with Crippen molar-refractivity contribution in [1.29, 1.82) is 0 Å². The van der Waals surface area contributed by atoms with Gasteiger partial charge in [-0.15, -0.1) is 0 Å². The van der Waals surface area contributed by atoms with Crippen molar-refractivity contribution in [3.63, 3.8) is 0 Å². The summed E-state index contributed by atoms with van der Waals surface area (Å²) < 4.78 is 5.34. The van der Waals surface area contributed by atoms with Gasteiger partial charge in [-0.1, -0.05) is 6.92 Å². The Morgan fingerprint density at radius 2 is 1.85 bits per heavy atom. The third-order valence-electron chi connectivity index (χ3n) is 3.43. The lowest BCUT2D eigenvalue weighted by Gasteiger charge is -2.39. The van der Waals surface area contributed by atoms with Crippen molar-refractivity contribution in [2.75, 3.05) is 13.1 Å². The molecule has 1 amide bonds. The van der Waals surface area contributed by atoms with E-state index in [0.717, 1.165) is 6.42 Å². The molecule has 5 heteroatoms. The summed E-state index contributed by atoms with van der Waals surface area (Å²) in [6.45, 7) is 9.61. The summed E-state index contributed by atoms with van der Waals surface area (Å²) in [5.41, 5.74) is -1.19. The van der Waals surface area contributed by atoms with Crippen molar-refractivity contribution >= 4 is 17.7 Å². The molecule has 0 bridgehead atoms. The van der Waals surface area contributed by atoms with Crippen LogP contribution in [0.4, 0.5) is 4.79 Å². The molecule has 0 aromatic carbocycles. The average Bonchev–Trinajstić information content (AvgIpc) is 2.25. The van der Waals surface area contributed by atoms with Crippen LogP contribution in [0.3, 0.4) is 0 Å². The molecular formula is C15H25NO4. The van der Waals surface area contributed by atoms with E-state index in [2.05, 4.69) is 0 Å². The molecule has 0 N–H and O–H groups in total. The molecule has 0 aromatic heterocycles. The maximum Gasteiger partial charge on any atom is 0.410 e. The first-order chi connectivity index (χ1) is 9.03. The standard InChI is InChI=1S/C15H25NO4/c1-11(17)9-12(18)15(5)7-6-8-16(10-15)13(19)20-14(2,3)4/h6-10H2,1-5H3/t15-/m1/s1. The predicted molar refractivity (Wildman–Crippen MR) is 75.5 cm³/mol. The van der Waals surface area contributed by atoms with E-state index in [1.54, 1.807) is 4.90 Å². The number of piperidine rings is 1. The zero-order valence-corrected chi connectivity index (χ0v) is 13.1. The summed E-state index contributed by atoms with van der Waals surface area (Å²) in [6, 6.07) is 0. The Hall–Kier alpha value is -1.39. The molecule has 0 unspecified atom stereocenters. The normalized spacial score (nSPS) is 23.4. The van der Waals surface area contributed by atoms with Crippen LogP contribution >= 0.6 is 0 Å². The predicted octanol–water partition coefficient (Wildman–Crippen LogP) is 2.57. The van der Waals surface area contributed by atoms with E-state index in [4.69, 9.17) is 4.74 Å². The number of nitrogens with zero attached hydrogens (tertiary/aromatic N) is 1. The molecule has 0 aliphatic carbocycles. The Kier molecular flexibility index (Phi) is 4.95. The van der Waals surface area contributed by atoms with Gasteiger partial charge in [-0.2, -0.15) is 0 Å². The maximum atomic E-state index is 12.2. The molecule has 1 fully saturated rings. The zero-order valence-electron chi connectivity index (χ0n) is 13.1. The van der Waals surface area contributed by atoms with Gasteiger partial charge in [-0.3, -0.25) is 9.59 Å². The number of likely N-dealkylation sites (tertiary alicyclic amines) is 1. The first-order valence-electron chi connectivity index (χ1n) is 7.04. The van der Waals surface area contributed by atoms with Crippen LogP contribution < -0.4 is 0 Å². The molecular weight excluding hydrogens is 258 g/mol. The van der Waals surface area contributed by atoms with Gasteiger partial charge >= 0.3 is 6.09 Å². The molecule has 0 saturated carbocycles. The van der Waals surface area contributed by atoms with E-state index in [1.165, 1.54) is 6.92 Å². The van der Waals surface area contributed by atoms with Gasteiger partial charge in [0.15, 0.2) is 0 Å². The second kappa shape index (κ2) is 5.94. The Morgan fingerprint density at radius 3 is 2.35 bits per heavy atom. The molecule has 0 aromatic rings. The number of ketones is 2. The summed E-state index contributed by atoms with van der Waals surface area (Å²) >= 11 is 0. The third-order valence-corrected chi connectivity index (χ3v) is 3.43. The molecule has 0 spiro atoms. The molecule has 1 aliphatic rings. The van der Waals surface area contributed by atoms with Crippen molar-refractivity contribution in [2.45, 2.75) is 59.5 Å². The Balaban J connectivity index is 2.73. The molecule has 114 valence electrons. The van der Waals surface area contributed by atoms with Crippen molar-refractivity contribution in [3.05, 3.63) is 0 Å². The Bertz CT molecular complexity index is 411. The lowest BCUT2D eigenvalue weighted by Crippen LogP contribution is -2.50. The molecule has 0 radical (unpaired) electrons. The largest absolute Gasteiger partial charge is 0.444 e. The highest BCUT2D eigenvalue weighted by Gasteiger charge is 2.40. The number of ether oxygens (including phenoxy) is 1. The molecule has 1 saturated heterocycles. The molecule has 5 nitrogen and oxygen atoms in total. The van der Waals surface area contributed by atoms with E-state index in [0.29, 0.717) is 19.5 Å². The summed E-state index contributed by atoms with van der Waals surface area (Å²) in [5.74, 6) is -0.219. The highest BCUT2D eigenvalue weighted by molar-refractivity contribution is 6.01. The smallest absolute Gasteiger partial charge is 0.410 e. The van der Waals surface area contributed by atoms with Crippen LogP contribution in [0.1, 0.15) is 53.9 Å². The van der Waals surface area contributed by atoms with Crippen LogP contribution in [0.25, 0.3) is 0 Å². The average molecular weight is 283 g/mol. The highest BCUT2D eigenvalue weighted by Crippen LogP contribution is 2.32. The lowest BCUT2D eigenvalue weighted by atomic mass is 9.76. The minimum atomic E-state index is -0.638. The second-order valence-electron chi connectivity index (χ2n) is 6.87. The topological polar surface area (TPSA) is 63.7 Å². The molecule has 1 atom stereocenters. The number of hydrogen-bond donors (Lipinski definition) is 0. The van der Waals surface area contributed by atoms with Crippen molar-refractivity contribution in [1.82, 2.24) is 4.90 Å². The number of carbonyl (C=O) groups excluding carboxylic acids is 3. The minimum Gasteiger partial charge on any atom is -0.444 e. The van der Waals surface area contributed by atoms with Crippen LogP contribution in [0.5, 0.6) is 0 Å². The van der Waals surface area contributed by atoms with Gasteiger partial charge in [-0.05, 0) is 40.5 Å². The monoisotopic (exact) mass is 283 g/mol. The van der Waals surface area contributed by atoms with E-state index in [9.17, 15) is 14.4 Å². The zero-order chi connectivity index (χ0) is 15.6.